The van der Waals surface area contributed by atoms with Crippen molar-refractivity contribution in [2.45, 2.75) is 19.3 Å². The molecule has 1 aromatic carbocycles. The van der Waals surface area contributed by atoms with Crippen LogP contribution in [-0.2, 0) is 17.6 Å². The van der Waals surface area contributed by atoms with Crippen LogP contribution < -0.4 is 11.1 Å². The van der Waals surface area contributed by atoms with Gasteiger partial charge in [0.1, 0.15) is 5.82 Å². The number of amides is 1. The molecule has 1 amide bonds. The van der Waals surface area contributed by atoms with Crippen LogP contribution in [0.15, 0.2) is 36.7 Å². The number of aromatic amines is 1. The summed E-state index contributed by atoms with van der Waals surface area (Å²) in [5.41, 5.74) is 7.29. The Bertz CT molecular complexity index is 522. The van der Waals surface area contributed by atoms with Crippen molar-refractivity contribution in [2.75, 3.05) is 12.3 Å². The van der Waals surface area contributed by atoms with Gasteiger partial charge in [0.25, 0.3) is 0 Å². The number of aromatic nitrogens is 2. The van der Waals surface area contributed by atoms with Gasteiger partial charge in [-0.15, -0.1) is 0 Å². The Morgan fingerprint density at radius 2 is 2.32 bits per heavy atom. The first-order valence-electron chi connectivity index (χ1n) is 6.33. The van der Waals surface area contributed by atoms with Gasteiger partial charge in [0, 0.05) is 31.0 Å². The maximum absolute atomic E-state index is 11.7. The summed E-state index contributed by atoms with van der Waals surface area (Å²) in [5, 5.41) is 2.89. The molecule has 0 aliphatic heterocycles. The summed E-state index contributed by atoms with van der Waals surface area (Å²) in [6.07, 6.45) is 5.61. The Morgan fingerprint density at radius 3 is 3.05 bits per heavy atom. The summed E-state index contributed by atoms with van der Waals surface area (Å²) >= 11 is 0. The van der Waals surface area contributed by atoms with Gasteiger partial charge in [0.2, 0.25) is 5.91 Å². The van der Waals surface area contributed by atoms with Crippen LogP contribution in [0.5, 0.6) is 0 Å². The molecule has 0 bridgehead atoms. The fourth-order valence-corrected chi connectivity index (χ4v) is 1.87. The van der Waals surface area contributed by atoms with Gasteiger partial charge >= 0.3 is 0 Å². The lowest BCUT2D eigenvalue weighted by Gasteiger charge is -2.05. The van der Waals surface area contributed by atoms with Crippen molar-refractivity contribution in [3.8, 4) is 0 Å². The van der Waals surface area contributed by atoms with Crippen molar-refractivity contribution in [1.29, 1.82) is 0 Å². The molecule has 19 heavy (non-hydrogen) atoms. The molecule has 5 nitrogen and oxygen atoms in total. The fraction of sp³-hybridized carbons (Fsp3) is 0.286. The van der Waals surface area contributed by atoms with E-state index in [1.807, 2.05) is 24.3 Å². The quantitative estimate of drug-likeness (QED) is 0.539. The number of imidazole rings is 1. The van der Waals surface area contributed by atoms with Crippen molar-refractivity contribution < 1.29 is 4.79 Å². The van der Waals surface area contributed by atoms with E-state index in [2.05, 4.69) is 15.3 Å². The molecular weight excluding hydrogens is 240 g/mol. The van der Waals surface area contributed by atoms with Crippen LogP contribution in [0, 0.1) is 0 Å². The van der Waals surface area contributed by atoms with Gasteiger partial charge in [-0.3, -0.25) is 4.79 Å². The van der Waals surface area contributed by atoms with Crippen LogP contribution in [0.3, 0.4) is 0 Å². The number of rotatable bonds is 6. The summed E-state index contributed by atoms with van der Waals surface area (Å²) < 4.78 is 0. The smallest absolute Gasteiger partial charge is 0.224 e. The van der Waals surface area contributed by atoms with Crippen LogP contribution in [0.25, 0.3) is 0 Å². The second-order valence-corrected chi connectivity index (χ2v) is 4.41. The van der Waals surface area contributed by atoms with Crippen LogP contribution in [0.2, 0.25) is 0 Å². The number of nitrogens with zero attached hydrogens (tertiary/aromatic N) is 1. The van der Waals surface area contributed by atoms with Crippen LogP contribution >= 0.6 is 0 Å². The highest BCUT2D eigenvalue weighted by molar-refractivity contribution is 5.78. The molecule has 1 heterocycles. The Labute approximate surface area is 112 Å². The van der Waals surface area contributed by atoms with E-state index < -0.39 is 0 Å². The average Bonchev–Trinajstić information content (AvgIpc) is 2.88. The van der Waals surface area contributed by atoms with Crippen molar-refractivity contribution in [2.24, 2.45) is 0 Å². The molecule has 5 heteroatoms. The molecule has 0 saturated heterocycles. The maximum Gasteiger partial charge on any atom is 0.224 e. The number of anilines is 1. The Hall–Kier alpha value is -2.30. The van der Waals surface area contributed by atoms with E-state index in [0.29, 0.717) is 18.7 Å². The van der Waals surface area contributed by atoms with Gasteiger partial charge in [-0.25, -0.2) is 4.98 Å². The monoisotopic (exact) mass is 258 g/mol. The summed E-state index contributed by atoms with van der Waals surface area (Å²) in [6.45, 7) is 0.655. The molecule has 0 atom stereocenters. The standard InChI is InChI=1S/C14H18N4O/c15-12-4-1-3-11(9-12)10-14(19)18-6-2-5-13-16-7-8-17-13/h1,3-4,7-9H,2,5-6,10,15H2,(H,16,17)(H,18,19). The zero-order valence-electron chi connectivity index (χ0n) is 10.7. The van der Waals surface area contributed by atoms with Crippen molar-refractivity contribution in [3.05, 3.63) is 48.0 Å². The van der Waals surface area contributed by atoms with E-state index in [1.165, 1.54) is 0 Å². The molecule has 1 aromatic heterocycles. The predicted molar refractivity (Wildman–Crippen MR) is 74.5 cm³/mol. The van der Waals surface area contributed by atoms with E-state index in [0.717, 1.165) is 24.2 Å². The third-order valence-electron chi connectivity index (χ3n) is 2.78. The number of hydrogen-bond donors (Lipinski definition) is 3. The number of nitrogens with two attached hydrogens (primary N) is 1. The van der Waals surface area contributed by atoms with Gasteiger partial charge in [0.05, 0.1) is 6.42 Å². The number of carbonyl (C=O) groups excluding carboxylic acids is 1. The molecule has 100 valence electrons. The molecule has 2 rings (SSSR count). The first-order valence-corrected chi connectivity index (χ1v) is 6.33. The molecule has 0 fully saturated rings. The minimum absolute atomic E-state index is 0.0186. The topological polar surface area (TPSA) is 83.8 Å². The number of nitrogens with one attached hydrogen (secondary N) is 2. The average molecular weight is 258 g/mol. The second-order valence-electron chi connectivity index (χ2n) is 4.41. The van der Waals surface area contributed by atoms with Crippen LogP contribution in [-0.4, -0.2) is 22.4 Å². The number of carbonyl (C=O) groups is 1. The van der Waals surface area contributed by atoms with Gasteiger partial charge in [0.15, 0.2) is 0 Å². The second kappa shape index (κ2) is 6.58. The van der Waals surface area contributed by atoms with Crippen LogP contribution in [0.1, 0.15) is 17.8 Å². The SMILES string of the molecule is Nc1cccc(CC(=O)NCCCc2ncc[nH]2)c1. The van der Waals surface area contributed by atoms with Gasteiger partial charge < -0.3 is 16.0 Å². The van der Waals surface area contributed by atoms with E-state index in [4.69, 9.17) is 5.73 Å². The fourth-order valence-electron chi connectivity index (χ4n) is 1.87. The summed E-state index contributed by atoms with van der Waals surface area (Å²) in [7, 11) is 0. The minimum Gasteiger partial charge on any atom is -0.399 e. The van der Waals surface area contributed by atoms with E-state index in [-0.39, 0.29) is 5.91 Å². The number of benzene rings is 1. The zero-order valence-corrected chi connectivity index (χ0v) is 10.7. The zero-order chi connectivity index (χ0) is 13.5. The first kappa shape index (κ1) is 13.1. The molecular formula is C14H18N4O. The highest BCUT2D eigenvalue weighted by Gasteiger charge is 2.03. The van der Waals surface area contributed by atoms with Gasteiger partial charge in [-0.05, 0) is 24.1 Å². The Morgan fingerprint density at radius 1 is 1.42 bits per heavy atom. The number of aryl methyl sites for hydroxylation is 1. The van der Waals surface area contributed by atoms with E-state index in [9.17, 15) is 4.79 Å². The molecule has 2 aromatic rings. The lowest BCUT2D eigenvalue weighted by Crippen LogP contribution is -2.26. The van der Waals surface area contributed by atoms with E-state index in [1.54, 1.807) is 12.4 Å². The van der Waals surface area contributed by atoms with Crippen molar-refractivity contribution in [1.82, 2.24) is 15.3 Å². The number of nitrogen functional groups attached to an aromatic ring is 1. The molecule has 4 N–H and O–H groups in total. The third-order valence-corrected chi connectivity index (χ3v) is 2.78. The predicted octanol–water partition coefficient (Wildman–Crippen LogP) is 1.28. The molecule has 0 spiro atoms. The number of H-pyrrole nitrogens is 1. The largest absolute Gasteiger partial charge is 0.399 e. The minimum atomic E-state index is 0.0186. The number of hydrogen-bond acceptors (Lipinski definition) is 3. The van der Waals surface area contributed by atoms with Gasteiger partial charge in [-0.1, -0.05) is 12.1 Å². The normalized spacial score (nSPS) is 10.3. The highest BCUT2D eigenvalue weighted by Crippen LogP contribution is 2.06. The lowest BCUT2D eigenvalue weighted by molar-refractivity contribution is -0.120. The summed E-state index contributed by atoms with van der Waals surface area (Å²) in [4.78, 5) is 18.9. The van der Waals surface area contributed by atoms with Gasteiger partial charge in [-0.2, -0.15) is 0 Å². The Balaban J connectivity index is 1.67. The molecule has 0 radical (unpaired) electrons. The summed E-state index contributed by atoms with van der Waals surface area (Å²) in [6, 6.07) is 7.39. The highest BCUT2D eigenvalue weighted by atomic mass is 16.1. The first-order chi connectivity index (χ1) is 9.24. The Kier molecular flexibility index (Phi) is 4.55. The molecule has 0 saturated carbocycles. The maximum atomic E-state index is 11.7. The lowest BCUT2D eigenvalue weighted by atomic mass is 10.1. The molecule has 0 aliphatic carbocycles. The molecule has 0 unspecified atom stereocenters. The van der Waals surface area contributed by atoms with E-state index >= 15 is 0 Å². The van der Waals surface area contributed by atoms with Crippen LogP contribution in [0.4, 0.5) is 5.69 Å². The molecule has 0 aliphatic rings. The third kappa shape index (κ3) is 4.46. The van der Waals surface area contributed by atoms with Crippen molar-refractivity contribution in [3.63, 3.8) is 0 Å². The van der Waals surface area contributed by atoms with Crippen molar-refractivity contribution >= 4 is 11.6 Å². The summed E-state index contributed by atoms with van der Waals surface area (Å²) in [5.74, 6) is 0.968.